The van der Waals surface area contributed by atoms with E-state index in [1.807, 2.05) is 31.3 Å². The summed E-state index contributed by atoms with van der Waals surface area (Å²) in [6, 6.07) is 11.3. The maximum atomic E-state index is 13.2. The van der Waals surface area contributed by atoms with Crippen LogP contribution in [0.1, 0.15) is 20.8 Å². The summed E-state index contributed by atoms with van der Waals surface area (Å²) in [5.74, 6) is -0.931. The SMILES string of the molecule is Cn1c(C(=O)N2CCN(C(=O)c3ccc(F)cc3Cl)CC2)c(Cl)c2ccccc21. The van der Waals surface area contributed by atoms with Gasteiger partial charge in [0.2, 0.25) is 0 Å². The van der Waals surface area contributed by atoms with Gasteiger partial charge in [0.1, 0.15) is 11.5 Å². The molecule has 8 heteroatoms. The Balaban J connectivity index is 1.50. The van der Waals surface area contributed by atoms with E-state index in [1.165, 1.54) is 12.1 Å². The molecule has 5 nitrogen and oxygen atoms in total. The van der Waals surface area contributed by atoms with Crippen LogP contribution in [0.2, 0.25) is 10.0 Å². The zero-order valence-corrected chi connectivity index (χ0v) is 17.2. The Morgan fingerprint density at radius 1 is 0.931 bits per heavy atom. The largest absolute Gasteiger partial charge is 0.338 e. The van der Waals surface area contributed by atoms with Gasteiger partial charge in [-0.1, -0.05) is 41.4 Å². The molecule has 2 heterocycles. The number of nitrogens with zero attached hydrogens (tertiary/aromatic N) is 3. The molecule has 0 radical (unpaired) electrons. The van der Waals surface area contributed by atoms with E-state index in [9.17, 15) is 14.0 Å². The molecule has 29 heavy (non-hydrogen) atoms. The summed E-state index contributed by atoms with van der Waals surface area (Å²) in [6.07, 6.45) is 0. The van der Waals surface area contributed by atoms with Crippen molar-refractivity contribution in [2.24, 2.45) is 7.05 Å². The zero-order chi connectivity index (χ0) is 20.7. The fraction of sp³-hybridized carbons (Fsp3) is 0.238. The van der Waals surface area contributed by atoms with Gasteiger partial charge in [0, 0.05) is 44.1 Å². The Morgan fingerprint density at radius 2 is 1.55 bits per heavy atom. The van der Waals surface area contributed by atoms with Crippen molar-refractivity contribution in [3.8, 4) is 0 Å². The number of aryl methyl sites for hydroxylation is 1. The minimum atomic E-state index is -0.492. The molecule has 1 aliphatic rings. The first kappa shape index (κ1) is 19.7. The standard InChI is InChI=1S/C21H18Cl2FN3O2/c1-25-17-5-3-2-4-15(17)18(23)19(25)21(29)27-10-8-26(9-11-27)20(28)14-7-6-13(24)12-16(14)22/h2-7,12H,8-11H2,1H3. The van der Waals surface area contributed by atoms with Crippen molar-refractivity contribution >= 4 is 45.9 Å². The van der Waals surface area contributed by atoms with Crippen molar-refractivity contribution < 1.29 is 14.0 Å². The van der Waals surface area contributed by atoms with Crippen LogP contribution in [-0.2, 0) is 7.05 Å². The summed E-state index contributed by atoms with van der Waals surface area (Å²) in [4.78, 5) is 29.1. The van der Waals surface area contributed by atoms with E-state index < -0.39 is 5.82 Å². The van der Waals surface area contributed by atoms with Crippen LogP contribution in [0.15, 0.2) is 42.5 Å². The van der Waals surface area contributed by atoms with Gasteiger partial charge >= 0.3 is 0 Å². The molecule has 0 bridgehead atoms. The normalized spacial score (nSPS) is 14.5. The Hall–Kier alpha value is -2.57. The van der Waals surface area contributed by atoms with Crippen LogP contribution in [0.4, 0.5) is 4.39 Å². The summed E-state index contributed by atoms with van der Waals surface area (Å²) in [5.41, 5.74) is 1.58. The van der Waals surface area contributed by atoms with Crippen LogP contribution in [0, 0.1) is 5.82 Å². The molecule has 0 N–H and O–H groups in total. The lowest BCUT2D eigenvalue weighted by Crippen LogP contribution is -2.51. The van der Waals surface area contributed by atoms with Gasteiger partial charge in [-0.05, 0) is 24.3 Å². The summed E-state index contributed by atoms with van der Waals surface area (Å²) in [5, 5.41) is 1.35. The number of halogens is 3. The molecule has 1 aromatic heterocycles. The molecule has 1 saturated heterocycles. The van der Waals surface area contributed by atoms with E-state index in [0.717, 1.165) is 17.0 Å². The van der Waals surface area contributed by atoms with Gasteiger partial charge in [-0.2, -0.15) is 0 Å². The van der Waals surface area contributed by atoms with Crippen LogP contribution in [0.3, 0.4) is 0 Å². The van der Waals surface area contributed by atoms with Crippen LogP contribution < -0.4 is 0 Å². The van der Waals surface area contributed by atoms with Crippen LogP contribution in [0.25, 0.3) is 10.9 Å². The van der Waals surface area contributed by atoms with Gasteiger partial charge in [-0.15, -0.1) is 0 Å². The number of carbonyl (C=O) groups is 2. The summed E-state index contributed by atoms with van der Waals surface area (Å²) < 4.78 is 15.0. The molecule has 0 atom stereocenters. The highest BCUT2D eigenvalue weighted by Crippen LogP contribution is 2.31. The average Bonchev–Trinajstić information content (AvgIpc) is 2.98. The van der Waals surface area contributed by atoms with E-state index in [4.69, 9.17) is 23.2 Å². The van der Waals surface area contributed by atoms with Crippen molar-refractivity contribution in [1.29, 1.82) is 0 Å². The van der Waals surface area contributed by atoms with Crippen LogP contribution >= 0.6 is 23.2 Å². The molecule has 4 rings (SSSR count). The second-order valence-corrected chi connectivity index (χ2v) is 7.73. The van der Waals surface area contributed by atoms with E-state index in [-0.39, 0.29) is 22.4 Å². The zero-order valence-electron chi connectivity index (χ0n) is 15.7. The second-order valence-electron chi connectivity index (χ2n) is 6.95. The predicted molar refractivity (Wildman–Crippen MR) is 111 cm³/mol. The first-order valence-corrected chi connectivity index (χ1v) is 9.90. The highest BCUT2D eigenvalue weighted by Gasteiger charge is 2.29. The molecule has 2 aromatic carbocycles. The number of carbonyl (C=O) groups excluding carboxylic acids is 2. The van der Waals surface area contributed by atoms with Crippen molar-refractivity contribution in [3.63, 3.8) is 0 Å². The molecular formula is C21H18Cl2FN3O2. The molecule has 0 saturated carbocycles. The third-order valence-corrected chi connectivity index (χ3v) is 5.96. The fourth-order valence-electron chi connectivity index (χ4n) is 3.68. The first-order valence-electron chi connectivity index (χ1n) is 9.15. The molecule has 150 valence electrons. The Bertz CT molecular complexity index is 1080. The minimum absolute atomic E-state index is 0.0794. The highest BCUT2D eigenvalue weighted by atomic mass is 35.5. The topological polar surface area (TPSA) is 45.6 Å². The monoisotopic (exact) mass is 433 g/mol. The third kappa shape index (κ3) is 3.47. The van der Waals surface area contributed by atoms with Gasteiger partial charge in [0.05, 0.1) is 15.6 Å². The number of hydrogen-bond acceptors (Lipinski definition) is 2. The smallest absolute Gasteiger partial charge is 0.272 e. The van der Waals surface area contributed by atoms with Crippen LogP contribution in [0.5, 0.6) is 0 Å². The van der Waals surface area contributed by atoms with E-state index in [0.29, 0.717) is 36.9 Å². The lowest BCUT2D eigenvalue weighted by atomic mass is 10.1. The number of hydrogen-bond donors (Lipinski definition) is 0. The quantitative estimate of drug-likeness (QED) is 0.607. The minimum Gasteiger partial charge on any atom is -0.338 e. The molecule has 0 aliphatic carbocycles. The van der Waals surface area contributed by atoms with Crippen molar-refractivity contribution in [3.05, 3.63) is 69.6 Å². The molecule has 1 fully saturated rings. The number of aromatic nitrogens is 1. The molecule has 1 aliphatic heterocycles. The van der Waals surface area contributed by atoms with Crippen molar-refractivity contribution in [2.75, 3.05) is 26.2 Å². The van der Waals surface area contributed by atoms with Gasteiger partial charge in [-0.25, -0.2) is 4.39 Å². The average molecular weight is 434 g/mol. The fourth-order valence-corrected chi connectivity index (χ4v) is 4.30. The molecular weight excluding hydrogens is 416 g/mol. The van der Waals surface area contributed by atoms with Gasteiger partial charge in [0.25, 0.3) is 11.8 Å². The third-order valence-electron chi connectivity index (χ3n) is 5.26. The maximum Gasteiger partial charge on any atom is 0.272 e. The Morgan fingerprint density at radius 3 is 2.17 bits per heavy atom. The van der Waals surface area contributed by atoms with Crippen molar-refractivity contribution in [2.45, 2.75) is 0 Å². The number of rotatable bonds is 2. The first-order chi connectivity index (χ1) is 13.9. The van der Waals surface area contributed by atoms with E-state index in [1.54, 1.807) is 14.4 Å². The summed E-state index contributed by atoms with van der Waals surface area (Å²) >= 11 is 12.5. The Kier molecular flexibility index (Phi) is 5.23. The molecule has 3 aromatic rings. The maximum absolute atomic E-state index is 13.2. The van der Waals surface area contributed by atoms with Crippen LogP contribution in [-0.4, -0.2) is 52.4 Å². The summed E-state index contributed by atoms with van der Waals surface area (Å²) in [6.45, 7) is 1.47. The molecule has 0 unspecified atom stereocenters. The lowest BCUT2D eigenvalue weighted by molar-refractivity contribution is 0.0530. The molecule has 2 amide bonds. The van der Waals surface area contributed by atoms with Gasteiger partial charge in [0.15, 0.2) is 0 Å². The van der Waals surface area contributed by atoms with E-state index >= 15 is 0 Å². The number of amides is 2. The number of piperazine rings is 1. The van der Waals surface area contributed by atoms with Crippen molar-refractivity contribution in [1.82, 2.24) is 14.4 Å². The second kappa shape index (κ2) is 7.69. The van der Waals surface area contributed by atoms with Gasteiger partial charge < -0.3 is 14.4 Å². The number of para-hydroxylation sites is 1. The predicted octanol–water partition coefficient (Wildman–Crippen LogP) is 4.22. The highest BCUT2D eigenvalue weighted by molar-refractivity contribution is 6.38. The molecule has 0 spiro atoms. The summed E-state index contributed by atoms with van der Waals surface area (Å²) in [7, 11) is 1.82. The van der Waals surface area contributed by atoms with E-state index in [2.05, 4.69) is 0 Å². The number of fused-ring (bicyclic) bond motifs is 1. The Labute approximate surface area is 177 Å². The van der Waals surface area contributed by atoms with Gasteiger partial charge in [-0.3, -0.25) is 9.59 Å². The number of benzene rings is 2. The lowest BCUT2D eigenvalue weighted by Gasteiger charge is -2.35.